The average molecular weight is 217 g/mol. The van der Waals surface area contributed by atoms with Gasteiger partial charge in [0.15, 0.2) is 11.6 Å². The zero-order chi connectivity index (χ0) is 10.7. The Kier molecular flexibility index (Phi) is 3.76. The van der Waals surface area contributed by atoms with E-state index in [4.69, 9.17) is 16.3 Å². The van der Waals surface area contributed by atoms with Crippen LogP contribution in [0.2, 0.25) is 5.02 Å². The minimum Gasteiger partial charge on any atom is -0.492 e. The van der Waals surface area contributed by atoms with Gasteiger partial charge in [-0.15, -0.1) is 0 Å². The van der Waals surface area contributed by atoms with Crippen molar-refractivity contribution in [1.29, 1.82) is 0 Å². The van der Waals surface area contributed by atoms with Gasteiger partial charge in [0.2, 0.25) is 0 Å². The third-order valence-electron chi connectivity index (χ3n) is 1.96. The Morgan fingerprint density at radius 1 is 1.43 bits per heavy atom. The van der Waals surface area contributed by atoms with E-state index in [2.05, 4.69) is 0 Å². The number of ether oxygens (including phenoxy) is 1. The molecule has 0 unspecified atom stereocenters. The summed E-state index contributed by atoms with van der Waals surface area (Å²) in [5.74, 6) is 0.217. The summed E-state index contributed by atoms with van der Waals surface area (Å²) in [6.07, 6.45) is 0.694. The van der Waals surface area contributed by atoms with Crippen molar-refractivity contribution in [2.75, 3.05) is 7.11 Å². The fraction of sp³-hybridized carbons (Fsp3) is 0.455. The second-order valence-corrected chi connectivity index (χ2v) is 4.06. The Labute approximate surface area is 88.8 Å². The molecule has 0 saturated carbocycles. The Balaban J connectivity index is 3.08. The van der Waals surface area contributed by atoms with Gasteiger partial charge in [-0.1, -0.05) is 31.5 Å². The fourth-order valence-electron chi connectivity index (χ4n) is 1.36. The predicted octanol–water partition coefficient (Wildman–Crippen LogP) is 3.69. The highest BCUT2D eigenvalue weighted by molar-refractivity contribution is 6.32. The molecule has 0 saturated heterocycles. The van der Waals surface area contributed by atoms with E-state index in [1.165, 1.54) is 7.11 Å². The highest BCUT2D eigenvalue weighted by atomic mass is 35.5. The summed E-state index contributed by atoms with van der Waals surface area (Å²) in [7, 11) is 1.42. The summed E-state index contributed by atoms with van der Waals surface area (Å²) in [6, 6.07) is 3.38. The van der Waals surface area contributed by atoms with Crippen LogP contribution >= 0.6 is 11.6 Å². The molecule has 0 N–H and O–H groups in total. The zero-order valence-corrected chi connectivity index (χ0v) is 9.36. The maximum atomic E-state index is 13.7. The molecule has 14 heavy (non-hydrogen) atoms. The molecular formula is C11H14ClFO. The SMILES string of the molecule is COc1c(Cl)ccc(CC(C)C)c1F. The highest BCUT2D eigenvalue weighted by Gasteiger charge is 2.13. The van der Waals surface area contributed by atoms with Crippen molar-refractivity contribution in [1.82, 2.24) is 0 Å². The van der Waals surface area contributed by atoms with Gasteiger partial charge in [-0.05, 0) is 24.0 Å². The summed E-state index contributed by atoms with van der Waals surface area (Å²) >= 11 is 5.77. The lowest BCUT2D eigenvalue weighted by Gasteiger charge is -2.10. The van der Waals surface area contributed by atoms with Crippen molar-refractivity contribution in [3.05, 3.63) is 28.5 Å². The van der Waals surface area contributed by atoms with E-state index >= 15 is 0 Å². The molecule has 1 aromatic carbocycles. The second kappa shape index (κ2) is 4.65. The molecule has 78 valence electrons. The van der Waals surface area contributed by atoms with E-state index in [9.17, 15) is 4.39 Å². The first-order valence-electron chi connectivity index (χ1n) is 4.57. The van der Waals surface area contributed by atoms with Gasteiger partial charge in [0, 0.05) is 0 Å². The topological polar surface area (TPSA) is 9.23 Å². The number of rotatable bonds is 3. The molecule has 1 rings (SSSR count). The highest BCUT2D eigenvalue weighted by Crippen LogP contribution is 2.30. The average Bonchev–Trinajstić information content (AvgIpc) is 2.10. The molecule has 1 nitrogen and oxygen atoms in total. The molecule has 0 radical (unpaired) electrons. The maximum Gasteiger partial charge on any atom is 0.173 e. The van der Waals surface area contributed by atoms with Gasteiger partial charge in [-0.25, -0.2) is 4.39 Å². The molecule has 0 amide bonds. The molecule has 0 aliphatic rings. The molecule has 0 aliphatic carbocycles. The second-order valence-electron chi connectivity index (χ2n) is 3.65. The molecule has 0 fully saturated rings. The van der Waals surface area contributed by atoms with E-state index in [0.29, 0.717) is 22.9 Å². The quantitative estimate of drug-likeness (QED) is 0.749. The molecule has 0 spiro atoms. The summed E-state index contributed by atoms with van der Waals surface area (Å²) in [5.41, 5.74) is 0.654. The number of methoxy groups -OCH3 is 1. The van der Waals surface area contributed by atoms with E-state index in [-0.39, 0.29) is 11.6 Å². The van der Waals surface area contributed by atoms with Crippen LogP contribution in [0.1, 0.15) is 19.4 Å². The molecule has 3 heteroatoms. The zero-order valence-electron chi connectivity index (χ0n) is 8.60. The minimum absolute atomic E-state index is 0.143. The standard InChI is InChI=1S/C11H14ClFO/c1-7(2)6-8-4-5-9(12)11(14-3)10(8)13/h4-5,7H,6H2,1-3H3. The number of hydrogen-bond acceptors (Lipinski definition) is 1. The van der Waals surface area contributed by atoms with Crippen LogP contribution in [0.25, 0.3) is 0 Å². The van der Waals surface area contributed by atoms with Gasteiger partial charge in [-0.2, -0.15) is 0 Å². The van der Waals surface area contributed by atoms with Crippen molar-refractivity contribution >= 4 is 11.6 Å². The Morgan fingerprint density at radius 2 is 2.07 bits per heavy atom. The van der Waals surface area contributed by atoms with Gasteiger partial charge in [0.1, 0.15) is 0 Å². The number of benzene rings is 1. The van der Waals surface area contributed by atoms with Crippen LogP contribution < -0.4 is 4.74 Å². The van der Waals surface area contributed by atoms with Crippen LogP contribution in [-0.2, 0) is 6.42 Å². The van der Waals surface area contributed by atoms with Gasteiger partial charge < -0.3 is 4.74 Å². The minimum atomic E-state index is -0.339. The van der Waals surface area contributed by atoms with Crippen molar-refractivity contribution < 1.29 is 9.13 Å². The number of hydrogen-bond donors (Lipinski definition) is 0. The van der Waals surface area contributed by atoms with Crippen molar-refractivity contribution in [3.8, 4) is 5.75 Å². The van der Waals surface area contributed by atoms with Gasteiger partial charge in [0.05, 0.1) is 12.1 Å². The van der Waals surface area contributed by atoms with E-state index in [1.54, 1.807) is 12.1 Å². The van der Waals surface area contributed by atoms with Crippen LogP contribution in [-0.4, -0.2) is 7.11 Å². The summed E-state index contributed by atoms with van der Waals surface area (Å²) in [4.78, 5) is 0. The van der Waals surface area contributed by atoms with E-state index in [1.807, 2.05) is 13.8 Å². The monoisotopic (exact) mass is 216 g/mol. The largest absolute Gasteiger partial charge is 0.492 e. The third kappa shape index (κ3) is 2.38. The fourth-order valence-corrected chi connectivity index (χ4v) is 1.58. The first-order valence-corrected chi connectivity index (χ1v) is 4.95. The van der Waals surface area contributed by atoms with Crippen LogP contribution in [0, 0.1) is 11.7 Å². The van der Waals surface area contributed by atoms with E-state index < -0.39 is 0 Å². The molecule has 0 aromatic heterocycles. The normalized spacial score (nSPS) is 10.7. The Morgan fingerprint density at radius 3 is 2.57 bits per heavy atom. The van der Waals surface area contributed by atoms with Crippen molar-refractivity contribution in [3.63, 3.8) is 0 Å². The van der Waals surface area contributed by atoms with E-state index in [0.717, 1.165) is 0 Å². The predicted molar refractivity (Wildman–Crippen MR) is 56.5 cm³/mol. The van der Waals surface area contributed by atoms with Crippen molar-refractivity contribution in [2.24, 2.45) is 5.92 Å². The molecule has 0 bridgehead atoms. The molecule has 0 heterocycles. The Bertz CT molecular complexity index is 323. The third-order valence-corrected chi connectivity index (χ3v) is 2.26. The van der Waals surface area contributed by atoms with Crippen LogP contribution in [0.15, 0.2) is 12.1 Å². The number of halogens is 2. The summed E-state index contributed by atoms with van der Waals surface area (Å²) in [5, 5.41) is 0.317. The van der Waals surface area contributed by atoms with Gasteiger partial charge in [0.25, 0.3) is 0 Å². The van der Waals surface area contributed by atoms with Gasteiger partial charge >= 0.3 is 0 Å². The molecule has 1 aromatic rings. The van der Waals surface area contributed by atoms with Crippen molar-refractivity contribution in [2.45, 2.75) is 20.3 Å². The smallest absolute Gasteiger partial charge is 0.173 e. The summed E-state index contributed by atoms with van der Waals surface area (Å²) < 4.78 is 18.6. The lowest BCUT2D eigenvalue weighted by molar-refractivity contribution is 0.383. The molecule has 0 atom stereocenters. The molecular weight excluding hydrogens is 203 g/mol. The summed E-state index contributed by atoms with van der Waals surface area (Å²) in [6.45, 7) is 4.08. The van der Waals surface area contributed by atoms with Crippen LogP contribution in [0.3, 0.4) is 0 Å². The van der Waals surface area contributed by atoms with Gasteiger partial charge in [-0.3, -0.25) is 0 Å². The first kappa shape index (κ1) is 11.3. The first-order chi connectivity index (χ1) is 6.56. The lowest BCUT2D eigenvalue weighted by Crippen LogP contribution is -2.00. The Hall–Kier alpha value is -0.760. The van der Waals surface area contributed by atoms with Crippen LogP contribution in [0.4, 0.5) is 4.39 Å². The molecule has 0 aliphatic heterocycles. The maximum absolute atomic E-state index is 13.7. The lowest BCUT2D eigenvalue weighted by atomic mass is 10.0. The van der Waals surface area contributed by atoms with Crippen LogP contribution in [0.5, 0.6) is 5.75 Å².